The molecule has 14 rings (SSSR count). The van der Waals surface area contributed by atoms with Gasteiger partial charge in [0.2, 0.25) is 5.95 Å². The van der Waals surface area contributed by atoms with Crippen LogP contribution in [0.5, 0.6) is 0 Å². The van der Waals surface area contributed by atoms with Crippen LogP contribution < -0.4 is 0 Å². The Hall–Kier alpha value is -7.86. The molecule has 0 spiro atoms. The number of thiophene rings is 1. The molecule has 0 saturated carbocycles. The lowest BCUT2D eigenvalue weighted by Crippen LogP contribution is -2.02. The quantitative estimate of drug-likeness (QED) is 0.178. The van der Waals surface area contributed by atoms with Gasteiger partial charge in [-0.15, -0.1) is 11.3 Å². The average molecular weight is 793 g/mol. The molecule has 14 aromatic rings. The fraction of sp³-hybridized carbons (Fsp3) is 0. The van der Waals surface area contributed by atoms with Crippen LogP contribution in [-0.2, 0) is 0 Å². The highest BCUT2D eigenvalue weighted by atomic mass is 32.1. The minimum absolute atomic E-state index is 0.665. The minimum atomic E-state index is 0.665. The molecule has 5 heterocycles. The van der Waals surface area contributed by atoms with Crippen molar-refractivity contribution < 1.29 is 0 Å². The van der Waals surface area contributed by atoms with Crippen molar-refractivity contribution in [1.82, 2.24) is 18.9 Å². The van der Waals surface area contributed by atoms with Gasteiger partial charge in [0.25, 0.3) is 0 Å². The van der Waals surface area contributed by atoms with Crippen LogP contribution in [0.2, 0.25) is 0 Å². The maximum absolute atomic E-state index is 5.65. The molecule has 0 atom stereocenters. The number of para-hydroxylation sites is 1. The molecule has 282 valence electrons. The molecule has 5 aromatic heterocycles. The van der Waals surface area contributed by atoms with Crippen LogP contribution in [0.4, 0.5) is 0 Å². The minimum Gasteiger partial charge on any atom is -0.308 e. The maximum atomic E-state index is 5.65. The number of rotatable bonds is 4. The number of aromatic nitrogens is 4. The molecule has 61 heavy (non-hydrogen) atoms. The summed E-state index contributed by atoms with van der Waals surface area (Å²) in [5.74, 6) is 0.665. The average Bonchev–Trinajstić information content (AvgIpc) is 4.06. The van der Waals surface area contributed by atoms with Crippen LogP contribution >= 0.6 is 11.3 Å². The molecule has 5 heteroatoms. The Labute approximate surface area is 353 Å². The van der Waals surface area contributed by atoms with Crippen LogP contribution in [0, 0.1) is 0 Å². The predicted octanol–water partition coefficient (Wildman–Crippen LogP) is 15.2. The fourth-order valence-electron chi connectivity index (χ4n) is 10.1. The molecule has 4 nitrogen and oxygen atoms in total. The van der Waals surface area contributed by atoms with Gasteiger partial charge in [-0.25, -0.2) is 9.97 Å². The summed E-state index contributed by atoms with van der Waals surface area (Å²) in [6, 6.07) is 70.5. The summed E-state index contributed by atoms with van der Waals surface area (Å²) >= 11 is 1.77. The molecule has 0 radical (unpaired) electrons. The third-order valence-electron chi connectivity index (χ3n) is 12.8. The van der Waals surface area contributed by atoms with E-state index in [2.05, 4.69) is 203 Å². The van der Waals surface area contributed by atoms with Gasteiger partial charge in [-0.1, -0.05) is 146 Å². The lowest BCUT2D eigenvalue weighted by atomic mass is 9.98. The van der Waals surface area contributed by atoms with E-state index < -0.39 is 0 Å². The van der Waals surface area contributed by atoms with E-state index in [4.69, 9.17) is 9.97 Å². The zero-order chi connectivity index (χ0) is 39.8. The summed E-state index contributed by atoms with van der Waals surface area (Å²) in [4.78, 5) is 11.2. The van der Waals surface area contributed by atoms with Crippen molar-refractivity contribution in [3.63, 3.8) is 0 Å². The molecular formula is C56H32N4S. The summed E-state index contributed by atoms with van der Waals surface area (Å²) in [5, 5.41) is 10.9. The Morgan fingerprint density at radius 2 is 1.02 bits per heavy atom. The highest BCUT2D eigenvalue weighted by Crippen LogP contribution is 2.48. The van der Waals surface area contributed by atoms with Gasteiger partial charge >= 0.3 is 0 Å². The summed E-state index contributed by atoms with van der Waals surface area (Å²) in [5.41, 5.74) is 13.6. The second-order valence-corrected chi connectivity index (χ2v) is 17.2. The summed E-state index contributed by atoms with van der Waals surface area (Å²) in [6.07, 6.45) is 0. The Morgan fingerprint density at radius 3 is 1.82 bits per heavy atom. The van der Waals surface area contributed by atoms with Gasteiger partial charge in [0, 0.05) is 48.0 Å². The normalized spacial score (nSPS) is 12.3. The molecule has 0 aliphatic rings. The van der Waals surface area contributed by atoms with Crippen LogP contribution in [-0.4, -0.2) is 18.9 Å². The molecule has 0 unspecified atom stereocenters. The number of fused-ring (bicyclic) bond motifs is 14. The molecule has 0 saturated heterocycles. The predicted molar refractivity (Wildman–Crippen MR) is 258 cm³/mol. The maximum Gasteiger partial charge on any atom is 0.235 e. The fourth-order valence-corrected chi connectivity index (χ4v) is 11.3. The van der Waals surface area contributed by atoms with Gasteiger partial charge in [0.15, 0.2) is 0 Å². The van der Waals surface area contributed by atoms with E-state index in [0.717, 1.165) is 37.9 Å². The first-order valence-electron chi connectivity index (χ1n) is 20.7. The zero-order valence-electron chi connectivity index (χ0n) is 32.7. The van der Waals surface area contributed by atoms with Gasteiger partial charge in [0.1, 0.15) is 0 Å². The molecule has 0 N–H and O–H groups in total. The molecule has 0 fully saturated rings. The first kappa shape index (κ1) is 33.0. The molecule has 0 amide bonds. The van der Waals surface area contributed by atoms with Crippen molar-refractivity contribution in [3.8, 4) is 39.5 Å². The van der Waals surface area contributed by atoms with E-state index >= 15 is 0 Å². The van der Waals surface area contributed by atoms with Crippen molar-refractivity contribution >= 4 is 102 Å². The van der Waals surface area contributed by atoms with E-state index in [9.17, 15) is 0 Å². The molecular weight excluding hydrogens is 761 g/mol. The van der Waals surface area contributed by atoms with Gasteiger partial charge < -0.3 is 4.40 Å². The van der Waals surface area contributed by atoms with Gasteiger partial charge in [-0.3, -0.25) is 4.57 Å². The van der Waals surface area contributed by atoms with E-state index in [1.54, 1.807) is 11.3 Å². The number of nitrogens with zero attached hydrogens (tertiary/aromatic N) is 4. The van der Waals surface area contributed by atoms with E-state index in [1.165, 1.54) is 86.6 Å². The summed E-state index contributed by atoms with van der Waals surface area (Å²) in [6.45, 7) is 0. The van der Waals surface area contributed by atoms with Crippen molar-refractivity contribution in [2.75, 3.05) is 0 Å². The van der Waals surface area contributed by atoms with E-state index in [-0.39, 0.29) is 0 Å². The first-order valence-corrected chi connectivity index (χ1v) is 21.6. The molecule has 0 aliphatic heterocycles. The van der Waals surface area contributed by atoms with Crippen LogP contribution in [0.25, 0.3) is 130 Å². The number of benzene rings is 9. The Morgan fingerprint density at radius 1 is 0.377 bits per heavy atom. The van der Waals surface area contributed by atoms with Crippen molar-refractivity contribution in [2.45, 2.75) is 0 Å². The third kappa shape index (κ3) is 4.64. The van der Waals surface area contributed by atoms with E-state index in [1.807, 2.05) is 0 Å². The number of hydrogen-bond acceptors (Lipinski definition) is 3. The van der Waals surface area contributed by atoms with Crippen molar-refractivity contribution in [3.05, 3.63) is 194 Å². The second kappa shape index (κ2) is 12.3. The van der Waals surface area contributed by atoms with Gasteiger partial charge in [0.05, 0.1) is 43.5 Å². The van der Waals surface area contributed by atoms with Crippen molar-refractivity contribution in [2.24, 2.45) is 0 Å². The lowest BCUT2D eigenvalue weighted by Gasteiger charge is -2.11. The largest absolute Gasteiger partial charge is 0.308 e. The van der Waals surface area contributed by atoms with Gasteiger partial charge in [-0.05, 0) is 81.6 Å². The standard InChI is InChI=1S/C56H32N4S/c1-3-13-33(14-4-1)37-25-27-46-42(30-37)43-32-48-50(51-40-19-9-11-21-45(40)59(46)54(43)51)44-31-38(34-15-5-2-6-16-34)26-28-47(44)60(48)56-57-52(39-24-23-35-17-7-8-18-36(35)29-39)55-53(58-56)41-20-10-12-22-49(41)61-55/h1-32H. The second-order valence-electron chi connectivity index (χ2n) is 16.1. The van der Waals surface area contributed by atoms with Crippen molar-refractivity contribution in [1.29, 1.82) is 0 Å². The first-order chi connectivity index (χ1) is 30.2. The smallest absolute Gasteiger partial charge is 0.235 e. The molecule has 0 aliphatic carbocycles. The molecule has 0 bridgehead atoms. The highest BCUT2D eigenvalue weighted by Gasteiger charge is 2.26. The Balaban J connectivity index is 1.17. The van der Waals surface area contributed by atoms with Crippen LogP contribution in [0.3, 0.4) is 0 Å². The summed E-state index contributed by atoms with van der Waals surface area (Å²) in [7, 11) is 0. The van der Waals surface area contributed by atoms with Crippen LogP contribution in [0.15, 0.2) is 194 Å². The van der Waals surface area contributed by atoms with Crippen LogP contribution in [0.1, 0.15) is 0 Å². The highest BCUT2D eigenvalue weighted by molar-refractivity contribution is 7.26. The zero-order valence-corrected chi connectivity index (χ0v) is 33.5. The number of hydrogen-bond donors (Lipinski definition) is 0. The topological polar surface area (TPSA) is 35.1 Å². The summed E-state index contributed by atoms with van der Waals surface area (Å²) < 4.78 is 7.14. The third-order valence-corrected chi connectivity index (χ3v) is 14.0. The van der Waals surface area contributed by atoms with Gasteiger partial charge in [-0.2, -0.15) is 0 Å². The Bertz CT molecular complexity index is 4100. The lowest BCUT2D eigenvalue weighted by molar-refractivity contribution is 1.02. The Kier molecular flexibility index (Phi) is 6.68. The monoisotopic (exact) mass is 792 g/mol. The molecule has 9 aromatic carbocycles. The SMILES string of the molecule is c1ccc(-c2ccc3c(c2)c2c4c5ccccc5n5c6ccc(-c7ccccc7)cc6c(cc2n3-c2nc(-c3ccc6ccccc6c3)c3sc6ccccc6c3n2)c45)cc1. The van der Waals surface area contributed by atoms with E-state index in [0.29, 0.717) is 5.95 Å².